The molecule has 0 aromatic heterocycles. The Labute approximate surface area is 80.5 Å². The van der Waals surface area contributed by atoms with Crippen LogP contribution in [0, 0.1) is 6.92 Å². The summed E-state index contributed by atoms with van der Waals surface area (Å²) in [4.78, 5) is 27.6. The third-order valence-corrected chi connectivity index (χ3v) is 2.03. The number of aryl methyl sites for hydroxylation is 1. The molecule has 0 amide bonds. The molecule has 0 aliphatic heterocycles. The van der Waals surface area contributed by atoms with Crippen molar-refractivity contribution in [1.29, 1.82) is 0 Å². The minimum absolute atomic E-state index is 0.115. The zero-order valence-corrected chi connectivity index (χ0v) is 8.27. The van der Waals surface area contributed by atoms with Crippen LogP contribution in [0.4, 0.5) is 4.79 Å². The van der Waals surface area contributed by atoms with Crippen molar-refractivity contribution in [3.05, 3.63) is 29.8 Å². The van der Waals surface area contributed by atoms with Gasteiger partial charge in [-0.15, -0.1) is 0 Å². The standard InChI is InChI=1S/C8H9O5P/c1-6-2-4-7(5-3-6)13-8(9)14(10,11)12/h2-5H,1H3,(H2,10,11,12). The molecule has 5 nitrogen and oxygen atoms in total. The fourth-order valence-electron chi connectivity index (χ4n) is 0.767. The Morgan fingerprint density at radius 2 is 1.79 bits per heavy atom. The Morgan fingerprint density at radius 3 is 2.21 bits per heavy atom. The van der Waals surface area contributed by atoms with Crippen LogP contribution in [0.2, 0.25) is 0 Å². The zero-order valence-electron chi connectivity index (χ0n) is 7.38. The Bertz CT molecular complexity index is 377. The van der Waals surface area contributed by atoms with Gasteiger partial charge in [0, 0.05) is 0 Å². The number of benzene rings is 1. The SMILES string of the molecule is Cc1ccc(OC(=O)P(=O)(O)O)cc1. The van der Waals surface area contributed by atoms with Crippen LogP contribution in [0.25, 0.3) is 0 Å². The molecule has 1 aromatic rings. The first kappa shape index (κ1) is 10.9. The number of carbonyl (C=O) groups excluding carboxylic acids is 1. The van der Waals surface area contributed by atoms with Crippen LogP contribution in [0.5, 0.6) is 5.75 Å². The van der Waals surface area contributed by atoms with Crippen molar-refractivity contribution in [3.8, 4) is 5.75 Å². The molecular formula is C8H9O5P. The normalized spacial score (nSPS) is 11.1. The lowest BCUT2D eigenvalue weighted by molar-refractivity contribution is 0.213. The fraction of sp³-hybridized carbons (Fsp3) is 0.125. The number of carbonyl (C=O) groups is 1. The largest absolute Gasteiger partial charge is 0.433 e. The minimum Gasteiger partial charge on any atom is -0.417 e. The van der Waals surface area contributed by atoms with Crippen LogP contribution >= 0.6 is 7.60 Å². The summed E-state index contributed by atoms with van der Waals surface area (Å²) in [6.07, 6.45) is 0. The molecule has 76 valence electrons. The second-order valence-electron chi connectivity index (χ2n) is 2.73. The van der Waals surface area contributed by atoms with Gasteiger partial charge in [0.1, 0.15) is 5.75 Å². The highest BCUT2D eigenvalue weighted by Crippen LogP contribution is 2.37. The third-order valence-electron chi connectivity index (χ3n) is 1.46. The van der Waals surface area contributed by atoms with Gasteiger partial charge in [-0.2, -0.15) is 0 Å². The van der Waals surface area contributed by atoms with Crippen molar-refractivity contribution < 1.29 is 23.9 Å². The molecule has 0 saturated heterocycles. The number of ether oxygens (including phenoxy) is 1. The topological polar surface area (TPSA) is 83.8 Å². The van der Waals surface area contributed by atoms with Gasteiger partial charge in [0.2, 0.25) is 0 Å². The minimum atomic E-state index is -4.80. The summed E-state index contributed by atoms with van der Waals surface area (Å²) in [7, 11) is -4.80. The van der Waals surface area contributed by atoms with E-state index in [1.54, 1.807) is 12.1 Å². The molecular weight excluding hydrogens is 207 g/mol. The molecule has 1 rings (SSSR count). The molecule has 0 heterocycles. The van der Waals surface area contributed by atoms with Crippen molar-refractivity contribution in [2.45, 2.75) is 6.92 Å². The molecule has 0 spiro atoms. The number of hydrogen-bond donors (Lipinski definition) is 2. The van der Waals surface area contributed by atoms with Gasteiger partial charge < -0.3 is 14.5 Å². The summed E-state index contributed by atoms with van der Waals surface area (Å²) >= 11 is 0. The predicted molar refractivity (Wildman–Crippen MR) is 49.2 cm³/mol. The van der Waals surface area contributed by atoms with Crippen LogP contribution in [0.15, 0.2) is 24.3 Å². The van der Waals surface area contributed by atoms with E-state index >= 15 is 0 Å². The van der Waals surface area contributed by atoms with Gasteiger partial charge in [-0.1, -0.05) is 17.7 Å². The van der Waals surface area contributed by atoms with Crippen LogP contribution in [0.1, 0.15) is 5.56 Å². The Hall–Kier alpha value is -1.16. The molecule has 0 atom stereocenters. The van der Waals surface area contributed by atoms with Crippen molar-refractivity contribution in [3.63, 3.8) is 0 Å². The van der Waals surface area contributed by atoms with Gasteiger partial charge in [0.25, 0.3) is 0 Å². The van der Waals surface area contributed by atoms with Gasteiger partial charge in [0.15, 0.2) is 0 Å². The molecule has 6 heteroatoms. The molecule has 1 aromatic carbocycles. The maximum Gasteiger partial charge on any atom is 0.433 e. The van der Waals surface area contributed by atoms with E-state index in [1.807, 2.05) is 6.92 Å². The summed E-state index contributed by atoms with van der Waals surface area (Å²) in [6, 6.07) is 6.26. The smallest absolute Gasteiger partial charge is 0.417 e. The average Bonchev–Trinajstić information content (AvgIpc) is 2.07. The van der Waals surface area contributed by atoms with Crippen molar-refractivity contribution in [2.24, 2.45) is 0 Å². The molecule has 0 fully saturated rings. The van der Waals surface area contributed by atoms with E-state index in [1.165, 1.54) is 12.1 Å². The molecule has 14 heavy (non-hydrogen) atoms. The molecule has 0 bridgehead atoms. The van der Waals surface area contributed by atoms with Crippen LogP contribution in [0.3, 0.4) is 0 Å². The molecule has 0 aliphatic rings. The lowest BCUT2D eigenvalue weighted by atomic mass is 10.2. The Balaban J connectivity index is 2.76. The second-order valence-corrected chi connectivity index (χ2v) is 4.18. The van der Waals surface area contributed by atoms with Crippen molar-refractivity contribution in [2.75, 3.05) is 0 Å². The first-order chi connectivity index (χ1) is 6.39. The Kier molecular flexibility index (Phi) is 3.06. The van der Waals surface area contributed by atoms with Gasteiger partial charge in [-0.3, -0.25) is 0 Å². The van der Waals surface area contributed by atoms with Crippen molar-refractivity contribution >= 4 is 13.3 Å². The number of rotatable bonds is 2. The molecule has 0 unspecified atom stereocenters. The van der Waals surface area contributed by atoms with E-state index in [-0.39, 0.29) is 5.75 Å². The van der Waals surface area contributed by atoms with E-state index in [4.69, 9.17) is 9.79 Å². The lowest BCUT2D eigenvalue weighted by Gasteiger charge is -2.04. The molecule has 0 aliphatic carbocycles. The first-order valence-electron chi connectivity index (χ1n) is 3.74. The highest BCUT2D eigenvalue weighted by molar-refractivity contribution is 7.69. The maximum atomic E-state index is 10.7. The number of hydrogen-bond acceptors (Lipinski definition) is 3. The van der Waals surface area contributed by atoms with Crippen LogP contribution in [-0.4, -0.2) is 15.5 Å². The molecule has 0 radical (unpaired) electrons. The molecule has 2 N–H and O–H groups in total. The van der Waals surface area contributed by atoms with Crippen molar-refractivity contribution in [1.82, 2.24) is 0 Å². The Morgan fingerprint density at radius 1 is 1.29 bits per heavy atom. The fourth-order valence-corrected chi connectivity index (χ4v) is 0.991. The predicted octanol–water partition coefficient (Wildman–Crippen LogP) is 1.67. The highest BCUT2D eigenvalue weighted by atomic mass is 31.2. The van der Waals surface area contributed by atoms with Gasteiger partial charge in [0.05, 0.1) is 0 Å². The zero-order chi connectivity index (χ0) is 10.8. The molecule has 0 saturated carbocycles. The van der Waals surface area contributed by atoms with E-state index in [0.717, 1.165) is 5.56 Å². The van der Waals surface area contributed by atoms with Crippen LogP contribution < -0.4 is 4.74 Å². The quantitative estimate of drug-likeness (QED) is 0.734. The lowest BCUT2D eigenvalue weighted by Crippen LogP contribution is -2.05. The second kappa shape index (κ2) is 3.92. The van der Waals surface area contributed by atoms with Gasteiger partial charge >= 0.3 is 13.3 Å². The summed E-state index contributed by atoms with van der Waals surface area (Å²) in [5.74, 6) is 0.115. The van der Waals surface area contributed by atoms with Gasteiger partial charge in [-0.05, 0) is 19.1 Å². The summed E-state index contributed by atoms with van der Waals surface area (Å²) in [6.45, 7) is 1.84. The van der Waals surface area contributed by atoms with E-state index in [0.29, 0.717) is 0 Å². The van der Waals surface area contributed by atoms with Crippen LogP contribution in [-0.2, 0) is 4.57 Å². The average molecular weight is 216 g/mol. The first-order valence-corrected chi connectivity index (χ1v) is 5.35. The monoisotopic (exact) mass is 216 g/mol. The van der Waals surface area contributed by atoms with Gasteiger partial charge in [-0.25, -0.2) is 9.36 Å². The summed E-state index contributed by atoms with van der Waals surface area (Å²) < 4.78 is 14.9. The van der Waals surface area contributed by atoms with E-state index in [9.17, 15) is 9.36 Å². The maximum absolute atomic E-state index is 10.7. The highest BCUT2D eigenvalue weighted by Gasteiger charge is 2.28. The van der Waals surface area contributed by atoms with E-state index in [2.05, 4.69) is 4.74 Å². The summed E-state index contributed by atoms with van der Waals surface area (Å²) in [5, 5.41) is 0. The third kappa shape index (κ3) is 2.96. The van der Waals surface area contributed by atoms with E-state index < -0.39 is 13.3 Å². The summed E-state index contributed by atoms with van der Waals surface area (Å²) in [5.41, 5.74) is -0.581.